The Morgan fingerprint density at radius 3 is 0.549 bits per heavy atom. The molecule has 9 rings (SSSR count). The molecule has 4 aromatic carbocycles. The molecule has 0 aliphatic carbocycles. The first kappa shape index (κ1) is 48.2. The zero-order valence-electron chi connectivity index (χ0n) is 30.8. The molecule has 0 aromatic heterocycles. The number of rotatable bonds is 2. The Kier molecular flexibility index (Phi) is 34.2. The fourth-order valence-corrected chi connectivity index (χ4v) is 4.80. The van der Waals surface area contributed by atoms with Gasteiger partial charge in [-0.3, -0.25) is 0 Å². The van der Waals surface area contributed by atoms with Gasteiger partial charge in [-0.2, -0.15) is 97.1 Å². The number of hydrogen-bond donors (Lipinski definition) is 0. The third-order valence-corrected chi connectivity index (χ3v) is 7.55. The van der Waals surface area contributed by atoms with Crippen molar-refractivity contribution in [2.45, 2.75) is 64.2 Å². The van der Waals surface area contributed by atoms with Crippen LogP contribution in [0.2, 0.25) is 0 Å². The molecule has 0 saturated carbocycles. The van der Waals surface area contributed by atoms with Crippen LogP contribution in [0.4, 0.5) is 0 Å². The summed E-state index contributed by atoms with van der Waals surface area (Å²) in [7, 11) is 0. The van der Waals surface area contributed by atoms with Crippen molar-refractivity contribution >= 4 is 75.5 Å². The minimum Gasteiger partial charge on any atom is -0.381 e. The van der Waals surface area contributed by atoms with Gasteiger partial charge in [-0.15, -0.1) is 24.3 Å². The van der Waals surface area contributed by atoms with Crippen molar-refractivity contribution in [3.63, 3.8) is 0 Å². The molecule has 5 heterocycles. The standard InChI is InChI=1S/2C12H8.5C4H8O.2Ca/c2*1-3-7-11(8-4-1)12-9-5-2-6-10-12;5*1-2-4-5-3-1;;/h2*1-7,9H;5*1-4H2;;/q2*-2;;;;;;2*+2. The van der Waals surface area contributed by atoms with Crippen LogP contribution in [0.15, 0.2) is 97.1 Å². The second-order valence-electron chi connectivity index (χ2n) is 11.7. The molecule has 51 heavy (non-hydrogen) atoms. The first-order valence-electron chi connectivity index (χ1n) is 18.2. The van der Waals surface area contributed by atoms with Gasteiger partial charge >= 0.3 is 75.5 Å². The van der Waals surface area contributed by atoms with Crippen LogP contribution >= 0.6 is 0 Å². The van der Waals surface area contributed by atoms with E-state index in [1.54, 1.807) is 0 Å². The molecule has 4 aromatic rings. The summed E-state index contributed by atoms with van der Waals surface area (Å²) < 4.78 is 24.7. The van der Waals surface area contributed by atoms with Gasteiger partial charge in [-0.1, -0.05) is 0 Å². The molecule has 5 aliphatic rings. The maximum absolute atomic E-state index is 4.94. The summed E-state index contributed by atoms with van der Waals surface area (Å²) >= 11 is 0. The molecule has 0 radical (unpaired) electrons. The van der Waals surface area contributed by atoms with E-state index < -0.39 is 0 Å². The molecule has 5 aliphatic heterocycles. The number of benzene rings is 4. The molecule has 5 nitrogen and oxygen atoms in total. The van der Waals surface area contributed by atoms with E-state index in [1.165, 1.54) is 64.2 Å². The van der Waals surface area contributed by atoms with E-state index >= 15 is 0 Å². The Hall–Kier alpha value is -0.801. The van der Waals surface area contributed by atoms with Gasteiger partial charge in [0.2, 0.25) is 0 Å². The fourth-order valence-electron chi connectivity index (χ4n) is 4.80. The van der Waals surface area contributed by atoms with E-state index in [4.69, 9.17) is 23.7 Å². The van der Waals surface area contributed by atoms with E-state index in [1.807, 2.05) is 97.1 Å². The maximum Gasteiger partial charge on any atom is 2.00 e. The number of hydrogen-bond acceptors (Lipinski definition) is 5. The molecule has 0 atom stereocenters. The topological polar surface area (TPSA) is 46.2 Å². The third kappa shape index (κ3) is 26.6. The Balaban J connectivity index is 0.000000309. The van der Waals surface area contributed by atoms with Crippen molar-refractivity contribution < 1.29 is 23.7 Å². The zero-order valence-corrected chi connectivity index (χ0v) is 35.3. The minimum atomic E-state index is 0. The van der Waals surface area contributed by atoms with Gasteiger partial charge in [0.05, 0.1) is 0 Å². The van der Waals surface area contributed by atoms with Crippen LogP contribution < -0.4 is 0 Å². The van der Waals surface area contributed by atoms with Crippen LogP contribution in [0.3, 0.4) is 0 Å². The summed E-state index contributed by atoms with van der Waals surface area (Å²) in [6, 6.07) is 44.3. The van der Waals surface area contributed by atoms with Crippen LogP contribution in [0.25, 0.3) is 22.3 Å². The second-order valence-corrected chi connectivity index (χ2v) is 11.7. The van der Waals surface area contributed by atoms with Crippen LogP contribution in [0.5, 0.6) is 0 Å². The molecule has 5 saturated heterocycles. The van der Waals surface area contributed by atoms with Crippen molar-refractivity contribution in [1.82, 2.24) is 0 Å². The normalized spacial score (nSPS) is 16.3. The van der Waals surface area contributed by atoms with E-state index in [-0.39, 0.29) is 75.5 Å². The predicted octanol–water partition coefficient (Wildman–Crippen LogP) is 9.13. The molecule has 5 fully saturated rings. The average molecular weight is 745 g/mol. The molecule has 0 spiro atoms. The monoisotopic (exact) mass is 744 g/mol. The summed E-state index contributed by atoms with van der Waals surface area (Å²) in [4.78, 5) is 0. The summed E-state index contributed by atoms with van der Waals surface area (Å²) in [6.07, 6.45) is 12.8. The maximum atomic E-state index is 4.94. The van der Waals surface area contributed by atoms with Crippen molar-refractivity contribution in [2.75, 3.05) is 66.1 Å². The van der Waals surface area contributed by atoms with E-state index in [0.717, 1.165) is 88.3 Å². The van der Waals surface area contributed by atoms with Crippen LogP contribution in [0.1, 0.15) is 64.2 Å². The quantitative estimate of drug-likeness (QED) is 0.151. The summed E-state index contributed by atoms with van der Waals surface area (Å²) in [5.74, 6) is 0. The van der Waals surface area contributed by atoms with E-state index in [2.05, 4.69) is 24.3 Å². The van der Waals surface area contributed by atoms with Gasteiger partial charge in [0, 0.05) is 66.1 Å². The number of ether oxygens (including phenoxy) is 5. The first-order valence-corrected chi connectivity index (χ1v) is 18.2. The Morgan fingerprint density at radius 2 is 0.451 bits per heavy atom. The molecule has 7 heteroatoms. The predicted molar refractivity (Wildman–Crippen MR) is 211 cm³/mol. The average Bonchev–Trinajstić information content (AvgIpc) is 4.06. The fraction of sp³-hybridized carbons (Fsp3) is 0.455. The van der Waals surface area contributed by atoms with Gasteiger partial charge in [-0.05, 0) is 64.2 Å². The van der Waals surface area contributed by atoms with Crippen LogP contribution in [-0.4, -0.2) is 142 Å². The van der Waals surface area contributed by atoms with Crippen LogP contribution in [-0.2, 0) is 23.7 Å². The van der Waals surface area contributed by atoms with Gasteiger partial charge in [0.15, 0.2) is 0 Å². The zero-order chi connectivity index (χ0) is 34.1. The molecule has 266 valence electrons. The van der Waals surface area contributed by atoms with Crippen molar-refractivity contribution in [2.24, 2.45) is 0 Å². The summed E-state index contributed by atoms with van der Waals surface area (Å²) in [6.45, 7) is 10.0. The van der Waals surface area contributed by atoms with Crippen LogP contribution in [0, 0.1) is 24.3 Å². The Bertz CT molecular complexity index is 984. The third-order valence-electron chi connectivity index (χ3n) is 7.55. The van der Waals surface area contributed by atoms with E-state index in [9.17, 15) is 0 Å². The summed E-state index contributed by atoms with van der Waals surface area (Å²) in [5, 5.41) is 0. The summed E-state index contributed by atoms with van der Waals surface area (Å²) in [5.41, 5.74) is 4.38. The minimum absolute atomic E-state index is 0. The molecule has 0 bridgehead atoms. The first-order chi connectivity index (χ1) is 24.4. The molecule has 0 unspecified atom stereocenters. The van der Waals surface area contributed by atoms with Gasteiger partial charge in [-0.25, -0.2) is 22.3 Å². The molecule has 0 amide bonds. The molecular weight excluding hydrogens is 689 g/mol. The molecule has 0 N–H and O–H groups in total. The smallest absolute Gasteiger partial charge is 0.381 e. The Morgan fingerprint density at radius 1 is 0.275 bits per heavy atom. The van der Waals surface area contributed by atoms with Gasteiger partial charge in [0.25, 0.3) is 0 Å². The molecular formula is C44H56Ca2O5. The van der Waals surface area contributed by atoms with Crippen molar-refractivity contribution in [3.05, 3.63) is 121 Å². The Labute approximate surface area is 369 Å². The second kappa shape index (κ2) is 36.2. The largest absolute Gasteiger partial charge is 2.00 e. The van der Waals surface area contributed by atoms with Crippen molar-refractivity contribution in [1.29, 1.82) is 0 Å². The van der Waals surface area contributed by atoms with Gasteiger partial charge in [0.1, 0.15) is 0 Å². The van der Waals surface area contributed by atoms with Gasteiger partial charge < -0.3 is 23.7 Å². The SMILES string of the molecule is C1CCOC1.C1CCOC1.C1CCOC1.C1CCOC1.C1CCOC1.[Ca+2].[Ca+2].[c-]1ccccc1-c1[c-]cccc1.[c-]1ccccc1-c1[c-]cccc1. The van der Waals surface area contributed by atoms with Crippen molar-refractivity contribution in [3.8, 4) is 22.3 Å². The van der Waals surface area contributed by atoms with E-state index in [0.29, 0.717) is 0 Å².